The van der Waals surface area contributed by atoms with Gasteiger partial charge in [0.05, 0.1) is 11.5 Å². The van der Waals surface area contributed by atoms with Crippen molar-refractivity contribution in [2.24, 2.45) is 11.8 Å². The Kier molecular flexibility index (Phi) is 3.27. The van der Waals surface area contributed by atoms with Crippen LogP contribution in [-0.2, 0) is 4.79 Å². The smallest absolute Gasteiger partial charge is 0.239 e. The molecule has 13 heavy (non-hydrogen) atoms. The van der Waals surface area contributed by atoms with Crippen LogP contribution in [0.5, 0.6) is 0 Å². The second-order valence-electron chi connectivity index (χ2n) is 3.89. The summed E-state index contributed by atoms with van der Waals surface area (Å²) >= 11 is 0. The Morgan fingerprint density at radius 1 is 1.46 bits per heavy atom. The molecule has 0 aromatic carbocycles. The lowest BCUT2D eigenvalue weighted by molar-refractivity contribution is -0.136. The third-order valence-electron chi connectivity index (χ3n) is 3.06. The van der Waals surface area contributed by atoms with Gasteiger partial charge in [-0.2, -0.15) is 0 Å². The van der Waals surface area contributed by atoms with Crippen LogP contribution >= 0.6 is 0 Å². The number of amides is 1. The van der Waals surface area contributed by atoms with E-state index in [4.69, 9.17) is 5.84 Å². The SMILES string of the molecule is C[C@H](C(=O)NN)C1(O)CCCCC1. The molecule has 1 amide bonds. The number of carbonyl (C=O) groups is 1. The first-order valence-electron chi connectivity index (χ1n) is 4.83. The zero-order chi connectivity index (χ0) is 9.90. The van der Waals surface area contributed by atoms with E-state index in [9.17, 15) is 9.90 Å². The van der Waals surface area contributed by atoms with Gasteiger partial charge in [0.2, 0.25) is 5.91 Å². The van der Waals surface area contributed by atoms with E-state index < -0.39 is 11.5 Å². The van der Waals surface area contributed by atoms with Crippen LogP contribution in [0.2, 0.25) is 0 Å². The van der Waals surface area contributed by atoms with Crippen molar-refractivity contribution < 1.29 is 9.90 Å². The molecule has 0 aromatic heterocycles. The summed E-state index contributed by atoms with van der Waals surface area (Å²) in [7, 11) is 0. The molecule has 4 heteroatoms. The Morgan fingerprint density at radius 2 is 2.00 bits per heavy atom. The molecule has 1 atom stereocenters. The van der Waals surface area contributed by atoms with Gasteiger partial charge in [-0.3, -0.25) is 10.2 Å². The highest BCUT2D eigenvalue weighted by Crippen LogP contribution is 2.34. The first-order chi connectivity index (χ1) is 6.10. The molecule has 1 aliphatic carbocycles. The number of hydrogen-bond donors (Lipinski definition) is 3. The molecular formula is C9H18N2O2. The average molecular weight is 186 g/mol. The predicted molar refractivity (Wildman–Crippen MR) is 49.5 cm³/mol. The van der Waals surface area contributed by atoms with Crippen LogP contribution in [0.1, 0.15) is 39.0 Å². The van der Waals surface area contributed by atoms with E-state index >= 15 is 0 Å². The van der Waals surface area contributed by atoms with Crippen molar-refractivity contribution in [3.05, 3.63) is 0 Å². The average Bonchev–Trinajstić information content (AvgIpc) is 2.16. The third-order valence-corrected chi connectivity index (χ3v) is 3.06. The molecule has 0 unspecified atom stereocenters. The summed E-state index contributed by atoms with van der Waals surface area (Å²) in [6.45, 7) is 1.73. The summed E-state index contributed by atoms with van der Waals surface area (Å²) in [5, 5.41) is 10.1. The Balaban J connectivity index is 2.61. The molecule has 4 nitrogen and oxygen atoms in total. The second kappa shape index (κ2) is 4.07. The maximum absolute atomic E-state index is 11.2. The van der Waals surface area contributed by atoms with Crippen LogP contribution in [0.15, 0.2) is 0 Å². The molecule has 1 rings (SSSR count). The lowest BCUT2D eigenvalue weighted by Crippen LogP contribution is -2.48. The first kappa shape index (κ1) is 10.5. The highest BCUT2D eigenvalue weighted by molar-refractivity contribution is 5.78. The Hall–Kier alpha value is -0.610. The monoisotopic (exact) mass is 186 g/mol. The molecule has 0 aliphatic heterocycles. The Morgan fingerprint density at radius 3 is 2.46 bits per heavy atom. The van der Waals surface area contributed by atoms with Gasteiger partial charge in [0.25, 0.3) is 0 Å². The van der Waals surface area contributed by atoms with Gasteiger partial charge >= 0.3 is 0 Å². The van der Waals surface area contributed by atoms with E-state index in [1.807, 2.05) is 0 Å². The molecule has 76 valence electrons. The molecule has 0 bridgehead atoms. The number of hydrazine groups is 1. The van der Waals surface area contributed by atoms with E-state index in [0.29, 0.717) is 12.8 Å². The molecule has 1 aliphatic rings. The summed E-state index contributed by atoms with van der Waals surface area (Å²) < 4.78 is 0. The molecule has 0 spiro atoms. The molecule has 0 saturated heterocycles. The zero-order valence-corrected chi connectivity index (χ0v) is 8.05. The summed E-state index contributed by atoms with van der Waals surface area (Å²) in [6.07, 6.45) is 4.57. The summed E-state index contributed by atoms with van der Waals surface area (Å²) in [6, 6.07) is 0. The van der Waals surface area contributed by atoms with Crippen LogP contribution in [0.25, 0.3) is 0 Å². The fourth-order valence-electron chi connectivity index (χ4n) is 1.97. The minimum absolute atomic E-state index is 0.274. The Labute approximate surface area is 78.5 Å². The van der Waals surface area contributed by atoms with Gasteiger partial charge in [-0.05, 0) is 12.8 Å². The quantitative estimate of drug-likeness (QED) is 0.330. The van der Waals surface area contributed by atoms with Crippen molar-refractivity contribution in [2.75, 3.05) is 0 Å². The Bertz CT molecular complexity index is 188. The van der Waals surface area contributed by atoms with Gasteiger partial charge in [-0.25, -0.2) is 5.84 Å². The van der Waals surface area contributed by atoms with Crippen molar-refractivity contribution in [1.82, 2.24) is 5.43 Å². The number of hydrogen-bond acceptors (Lipinski definition) is 3. The number of nitrogens with one attached hydrogen (secondary N) is 1. The molecule has 0 radical (unpaired) electrons. The van der Waals surface area contributed by atoms with Gasteiger partial charge in [0, 0.05) is 0 Å². The normalized spacial score (nSPS) is 23.6. The number of carbonyl (C=O) groups excluding carboxylic acids is 1. The maximum Gasteiger partial charge on any atom is 0.239 e. The standard InChI is InChI=1S/C9H18N2O2/c1-7(8(12)11-10)9(13)5-3-2-4-6-9/h7,13H,2-6,10H2,1H3,(H,11,12)/t7-/m1/s1. The molecule has 1 fully saturated rings. The zero-order valence-electron chi connectivity index (χ0n) is 8.05. The number of nitrogens with two attached hydrogens (primary N) is 1. The van der Waals surface area contributed by atoms with E-state index in [1.54, 1.807) is 6.92 Å². The van der Waals surface area contributed by atoms with Crippen LogP contribution < -0.4 is 11.3 Å². The fraction of sp³-hybridized carbons (Fsp3) is 0.889. The largest absolute Gasteiger partial charge is 0.389 e. The molecule has 0 aromatic rings. The van der Waals surface area contributed by atoms with E-state index in [0.717, 1.165) is 19.3 Å². The highest BCUT2D eigenvalue weighted by Gasteiger charge is 2.38. The van der Waals surface area contributed by atoms with Crippen LogP contribution in [-0.4, -0.2) is 16.6 Å². The molecule has 0 heterocycles. The van der Waals surface area contributed by atoms with Crippen molar-refractivity contribution in [2.45, 2.75) is 44.6 Å². The van der Waals surface area contributed by atoms with Crippen molar-refractivity contribution in [1.29, 1.82) is 0 Å². The van der Waals surface area contributed by atoms with Crippen LogP contribution in [0.4, 0.5) is 0 Å². The molecular weight excluding hydrogens is 168 g/mol. The van der Waals surface area contributed by atoms with Crippen LogP contribution in [0.3, 0.4) is 0 Å². The van der Waals surface area contributed by atoms with Crippen molar-refractivity contribution in [3.8, 4) is 0 Å². The molecule has 1 saturated carbocycles. The maximum atomic E-state index is 11.2. The number of rotatable bonds is 2. The predicted octanol–water partition coefficient (Wildman–Crippen LogP) is 0.308. The van der Waals surface area contributed by atoms with E-state index in [1.165, 1.54) is 0 Å². The minimum Gasteiger partial charge on any atom is -0.389 e. The lowest BCUT2D eigenvalue weighted by Gasteiger charge is -2.36. The van der Waals surface area contributed by atoms with Gasteiger partial charge in [0.1, 0.15) is 0 Å². The summed E-state index contributed by atoms with van der Waals surface area (Å²) in [5.74, 6) is 4.35. The first-order valence-corrected chi connectivity index (χ1v) is 4.83. The summed E-state index contributed by atoms with van der Waals surface area (Å²) in [4.78, 5) is 11.2. The van der Waals surface area contributed by atoms with Gasteiger partial charge in [0.15, 0.2) is 0 Å². The van der Waals surface area contributed by atoms with Crippen molar-refractivity contribution >= 4 is 5.91 Å². The van der Waals surface area contributed by atoms with Crippen LogP contribution in [0, 0.1) is 5.92 Å². The second-order valence-corrected chi connectivity index (χ2v) is 3.89. The van der Waals surface area contributed by atoms with E-state index in [2.05, 4.69) is 5.43 Å². The minimum atomic E-state index is -0.832. The van der Waals surface area contributed by atoms with Gasteiger partial charge < -0.3 is 5.11 Å². The van der Waals surface area contributed by atoms with Gasteiger partial charge in [-0.1, -0.05) is 26.2 Å². The number of aliphatic hydroxyl groups is 1. The van der Waals surface area contributed by atoms with Crippen molar-refractivity contribution in [3.63, 3.8) is 0 Å². The summed E-state index contributed by atoms with van der Waals surface area (Å²) in [5.41, 5.74) is 1.26. The van der Waals surface area contributed by atoms with Gasteiger partial charge in [-0.15, -0.1) is 0 Å². The third kappa shape index (κ3) is 2.19. The lowest BCUT2D eigenvalue weighted by atomic mass is 9.76. The molecule has 4 N–H and O–H groups in total. The highest BCUT2D eigenvalue weighted by atomic mass is 16.3. The fourth-order valence-corrected chi connectivity index (χ4v) is 1.97. The van der Waals surface area contributed by atoms with E-state index in [-0.39, 0.29) is 5.91 Å². The topological polar surface area (TPSA) is 75.4 Å².